The van der Waals surface area contributed by atoms with Gasteiger partial charge in [0.05, 0.1) is 13.7 Å². The molecular weight excluding hydrogens is 210 g/mol. The van der Waals surface area contributed by atoms with Crippen molar-refractivity contribution < 1.29 is 9.84 Å². The molecular formula is C11H17NO2S. The van der Waals surface area contributed by atoms with E-state index in [-0.39, 0.29) is 6.61 Å². The molecule has 15 heavy (non-hydrogen) atoms. The number of methoxy groups -OCH3 is 1. The van der Waals surface area contributed by atoms with Gasteiger partial charge in [0.25, 0.3) is 0 Å². The number of ether oxygens (including phenoxy) is 1. The van der Waals surface area contributed by atoms with Crippen molar-refractivity contribution in [3.63, 3.8) is 0 Å². The molecule has 0 spiro atoms. The fraction of sp³-hybridized carbons (Fsp3) is 0.455. The van der Waals surface area contributed by atoms with Gasteiger partial charge in [-0.1, -0.05) is 6.08 Å². The van der Waals surface area contributed by atoms with Crippen molar-refractivity contribution in [3.05, 3.63) is 29.7 Å². The summed E-state index contributed by atoms with van der Waals surface area (Å²) in [5.74, 6) is 0. The molecule has 0 aliphatic rings. The van der Waals surface area contributed by atoms with Gasteiger partial charge in [0.15, 0.2) is 5.06 Å². The van der Waals surface area contributed by atoms with Crippen molar-refractivity contribution in [2.24, 2.45) is 0 Å². The summed E-state index contributed by atoms with van der Waals surface area (Å²) in [5, 5.41) is 9.82. The average Bonchev–Trinajstić information content (AvgIpc) is 2.66. The van der Waals surface area contributed by atoms with Crippen LogP contribution >= 0.6 is 11.3 Å². The van der Waals surface area contributed by atoms with E-state index >= 15 is 0 Å². The van der Waals surface area contributed by atoms with Crippen LogP contribution < -0.4 is 4.74 Å². The fourth-order valence-corrected chi connectivity index (χ4v) is 2.19. The van der Waals surface area contributed by atoms with Crippen molar-refractivity contribution in [1.82, 2.24) is 4.90 Å². The summed E-state index contributed by atoms with van der Waals surface area (Å²) in [7, 11) is 1.67. The van der Waals surface area contributed by atoms with Crippen LogP contribution in [0.2, 0.25) is 0 Å². The first-order valence-electron chi connectivity index (χ1n) is 4.87. The highest BCUT2D eigenvalue weighted by molar-refractivity contribution is 7.13. The number of thiophene rings is 1. The van der Waals surface area contributed by atoms with E-state index in [1.807, 2.05) is 12.1 Å². The molecule has 0 aliphatic heterocycles. The zero-order chi connectivity index (χ0) is 11.1. The molecule has 3 nitrogen and oxygen atoms in total. The maximum absolute atomic E-state index is 8.90. The maximum atomic E-state index is 8.90. The van der Waals surface area contributed by atoms with Crippen LogP contribution in [-0.4, -0.2) is 36.8 Å². The highest BCUT2D eigenvalue weighted by Gasteiger charge is 2.06. The lowest BCUT2D eigenvalue weighted by molar-refractivity contribution is 0.204. The molecule has 0 saturated heterocycles. The molecule has 1 N–H and O–H groups in total. The maximum Gasteiger partial charge on any atom is 0.173 e. The Morgan fingerprint density at radius 2 is 2.40 bits per heavy atom. The molecule has 84 valence electrons. The molecule has 4 heteroatoms. The molecule has 0 amide bonds. The summed E-state index contributed by atoms with van der Waals surface area (Å²) < 4.78 is 5.13. The molecule has 0 unspecified atom stereocenters. The highest BCUT2D eigenvalue weighted by Crippen LogP contribution is 2.24. The largest absolute Gasteiger partial charge is 0.487 e. The average molecular weight is 227 g/mol. The van der Waals surface area contributed by atoms with E-state index in [0.717, 1.165) is 18.2 Å². The van der Waals surface area contributed by atoms with E-state index in [0.29, 0.717) is 6.54 Å². The molecule has 0 radical (unpaired) electrons. The molecule has 1 aromatic heterocycles. The lowest BCUT2D eigenvalue weighted by Crippen LogP contribution is -2.26. The number of rotatable bonds is 7. The van der Waals surface area contributed by atoms with Crippen LogP contribution in [0.1, 0.15) is 4.88 Å². The topological polar surface area (TPSA) is 32.7 Å². The Hall–Kier alpha value is -0.840. The molecule has 0 atom stereocenters. The number of aliphatic hydroxyl groups is 1. The van der Waals surface area contributed by atoms with Crippen molar-refractivity contribution in [2.75, 3.05) is 26.8 Å². The second-order valence-electron chi connectivity index (χ2n) is 3.17. The predicted molar refractivity (Wildman–Crippen MR) is 63.4 cm³/mol. The summed E-state index contributed by atoms with van der Waals surface area (Å²) in [5.41, 5.74) is 0. The Morgan fingerprint density at radius 1 is 1.60 bits per heavy atom. The first kappa shape index (κ1) is 12.2. The van der Waals surface area contributed by atoms with Crippen molar-refractivity contribution >= 4 is 11.3 Å². The van der Waals surface area contributed by atoms with Crippen molar-refractivity contribution in [1.29, 1.82) is 0 Å². The normalized spacial score (nSPS) is 10.6. The minimum Gasteiger partial charge on any atom is -0.487 e. The molecule has 1 aromatic rings. The van der Waals surface area contributed by atoms with E-state index < -0.39 is 0 Å². The highest BCUT2D eigenvalue weighted by atomic mass is 32.1. The van der Waals surface area contributed by atoms with E-state index in [1.165, 1.54) is 4.88 Å². The summed E-state index contributed by atoms with van der Waals surface area (Å²) in [4.78, 5) is 3.38. The fourth-order valence-electron chi connectivity index (χ4n) is 1.33. The van der Waals surface area contributed by atoms with Crippen LogP contribution in [0.25, 0.3) is 0 Å². The Balaban J connectivity index is 2.52. The van der Waals surface area contributed by atoms with Crippen LogP contribution in [0.15, 0.2) is 24.8 Å². The van der Waals surface area contributed by atoms with Gasteiger partial charge in [-0.05, 0) is 12.1 Å². The Morgan fingerprint density at radius 3 is 2.93 bits per heavy atom. The summed E-state index contributed by atoms with van der Waals surface area (Å²) in [6, 6.07) is 4.02. The first-order valence-corrected chi connectivity index (χ1v) is 5.68. The summed E-state index contributed by atoms with van der Waals surface area (Å²) in [6.45, 7) is 6.18. The van der Waals surface area contributed by atoms with Crippen LogP contribution in [0.5, 0.6) is 5.06 Å². The number of hydrogen-bond donors (Lipinski definition) is 1. The van der Waals surface area contributed by atoms with Gasteiger partial charge in [-0.2, -0.15) is 0 Å². The molecule has 0 bridgehead atoms. The standard InChI is InChI=1S/C11H17NO2S/c1-3-6-12(7-8-13)9-10-4-5-11(14-2)15-10/h3-5,13H,1,6-9H2,2H3. The van der Waals surface area contributed by atoms with Crippen molar-refractivity contribution in [2.45, 2.75) is 6.54 Å². The third kappa shape index (κ3) is 4.03. The SMILES string of the molecule is C=CCN(CCO)Cc1ccc(OC)s1. The Bertz CT molecular complexity index is 299. The van der Waals surface area contributed by atoms with Gasteiger partial charge in [-0.3, -0.25) is 4.90 Å². The van der Waals surface area contributed by atoms with Crippen LogP contribution in [-0.2, 0) is 6.54 Å². The van der Waals surface area contributed by atoms with E-state index in [2.05, 4.69) is 17.5 Å². The number of nitrogens with zero attached hydrogens (tertiary/aromatic N) is 1. The lowest BCUT2D eigenvalue weighted by Gasteiger charge is -2.17. The first-order chi connectivity index (χ1) is 7.30. The lowest BCUT2D eigenvalue weighted by atomic mass is 10.4. The molecule has 0 aliphatic carbocycles. The summed E-state index contributed by atoms with van der Waals surface area (Å²) >= 11 is 1.63. The smallest absolute Gasteiger partial charge is 0.173 e. The molecule has 0 saturated carbocycles. The second kappa shape index (κ2) is 6.61. The quantitative estimate of drug-likeness (QED) is 0.720. The molecule has 0 aromatic carbocycles. The van der Waals surface area contributed by atoms with Crippen LogP contribution in [0.3, 0.4) is 0 Å². The van der Waals surface area contributed by atoms with Gasteiger partial charge < -0.3 is 9.84 Å². The second-order valence-corrected chi connectivity index (χ2v) is 4.30. The molecule has 1 heterocycles. The minimum absolute atomic E-state index is 0.177. The Kier molecular flexibility index (Phi) is 5.39. The number of hydrogen-bond acceptors (Lipinski definition) is 4. The van der Waals surface area contributed by atoms with Gasteiger partial charge in [-0.15, -0.1) is 17.9 Å². The molecule has 1 rings (SSSR count). The molecule has 0 fully saturated rings. The monoisotopic (exact) mass is 227 g/mol. The predicted octanol–water partition coefficient (Wildman–Crippen LogP) is 1.74. The third-order valence-corrected chi connectivity index (χ3v) is 3.05. The number of aliphatic hydroxyl groups excluding tert-OH is 1. The van der Waals surface area contributed by atoms with E-state index in [9.17, 15) is 0 Å². The minimum atomic E-state index is 0.177. The van der Waals surface area contributed by atoms with Gasteiger partial charge in [0.2, 0.25) is 0 Å². The van der Waals surface area contributed by atoms with Gasteiger partial charge in [-0.25, -0.2) is 0 Å². The Labute approximate surface area is 94.6 Å². The van der Waals surface area contributed by atoms with Gasteiger partial charge >= 0.3 is 0 Å². The van der Waals surface area contributed by atoms with E-state index in [1.54, 1.807) is 18.4 Å². The zero-order valence-corrected chi connectivity index (χ0v) is 9.80. The van der Waals surface area contributed by atoms with Crippen molar-refractivity contribution in [3.8, 4) is 5.06 Å². The van der Waals surface area contributed by atoms with Gasteiger partial charge in [0.1, 0.15) is 0 Å². The summed E-state index contributed by atoms with van der Waals surface area (Å²) in [6.07, 6.45) is 1.85. The van der Waals surface area contributed by atoms with Crippen LogP contribution in [0.4, 0.5) is 0 Å². The van der Waals surface area contributed by atoms with Crippen LogP contribution in [0, 0.1) is 0 Å². The van der Waals surface area contributed by atoms with Gasteiger partial charge in [0, 0.05) is 24.5 Å². The third-order valence-electron chi connectivity index (χ3n) is 2.02. The zero-order valence-electron chi connectivity index (χ0n) is 8.98. The van der Waals surface area contributed by atoms with E-state index in [4.69, 9.17) is 9.84 Å².